The molecule has 1 N–H and O–H groups in total. The van der Waals surface area contributed by atoms with Gasteiger partial charge in [0, 0.05) is 17.3 Å². The molecule has 2 rings (SSSR count). The standard InChI is InChI=1S/C21H25NO5/c1-4-5-11-27-21(24)16-7-6-8-17(12-16)22-20(23)13-15-9-10-18(25-2)14-19(15)26-3/h6-10,12,14H,4-5,11,13H2,1-3H3,(H,22,23). The van der Waals surface area contributed by atoms with E-state index in [0.29, 0.717) is 29.4 Å². The highest BCUT2D eigenvalue weighted by Crippen LogP contribution is 2.25. The summed E-state index contributed by atoms with van der Waals surface area (Å²) in [5.74, 6) is 0.634. The van der Waals surface area contributed by atoms with Gasteiger partial charge < -0.3 is 19.5 Å². The zero-order chi connectivity index (χ0) is 19.6. The topological polar surface area (TPSA) is 73.9 Å². The average molecular weight is 371 g/mol. The van der Waals surface area contributed by atoms with Gasteiger partial charge in [0.1, 0.15) is 11.5 Å². The molecular formula is C21H25NO5. The highest BCUT2D eigenvalue weighted by Gasteiger charge is 2.12. The van der Waals surface area contributed by atoms with Gasteiger partial charge in [0.05, 0.1) is 32.8 Å². The Labute approximate surface area is 159 Å². The maximum absolute atomic E-state index is 12.4. The minimum absolute atomic E-state index is 0.137. The maximum atomic E-state index is 12.4. The zero-order valence-corrected chi connectivity index (χ0v) is 15.9. The van der Waals surface area contributed by atoms with E-state index < -0.39 is 5.97 Å². The number of carbonyl (C=O) groups excluding carboxylic acids is 2. The Morgan fingerprint density at radius 1 is 1.04 bits per heavy atom. The Morgan fingerprint density at radius 3 is 2.56 bits per heavy atom. The second-order valence-corrected chi connectivity index (χ2v) is 5.97. The van der Waals surface area contributed by atoms with Gasteiger partial charge in [-0.3, -0.25) is 4.79 Å². The van der Waals surface area contributed by atoms with Crippen LogP contribution in [0.4, 0.5) is 5.69 Å². The summed E-state index contributed by atoms with van der Waals surface area (Å²) in [5.41, 5.74) is 1.69. The summed E-state index contributed by atoms with van der Waals surface area (Å²) in [6, 6.07) is 12.0. The number of anilines is 1. The van der Waals surface area contributed by atoms with Crippen LogP contribution in [0.5, 0.6) is 11.5 Å². The first-order chi connectivity index (χ1) is 13.1. The van der Waals surface area contributed by atoms with Crippen LogP contribution in [0.15, 0.2) is 42.5 Å². The van der Waals surface area contributed by atoms with Crippen LogP contribution in [0.1, 0.15) is 35.7 Å². The second kappa shape index (κ2) is 10.2. The van der Waals surface area contributed by atoms with E-state index in [1.54, 1.807) is 56.7 Å². The number of rotatable bonds is 9. The fourth-order valence-electron chi connectivity index (χ4n) is 2.49. The van der Waals surface area contributed by atoms with E-state index in [1.165, 1.54) is 0 Å². The van der Waals surface area contributed by atoms with Crippen molar-refractivity contribution in [3.8, 4) is 11.5 Å². The van der Waals surface area contributed by atoms with Crippen molar-refractivity contribution in [1.82, 2.24) is 0 Å². The van der Waals surface area contributed by atoms with Gasteiger partial charge in [-0.1, -0.05) is 25.5 Å². The van der Waals surface area contributed by atoms with Gasteiger partial charge in [0.15, 0.2) is 0 Å². The van der Waals surface area contributed by atoms with Crippen LogP contribution in [-0.2, 0) is 16.0 Å². The number of methoxy groups -OCH3 is 2. The molecule has 0 saturated heterocycles. The van der Waals surface area contributed by atoms with Crippen molar-refractivity contribution in [3.63, 3.8) is 0 Å². The van der Waals surface area contributed by atoms with Gasteiger partial charge in [0.25, 0.3) is 0 Å². The molecule has 0 bridgehead atoms. The fraction of sp³-hybridized carbons (Fsp3) is 0.333. The molecule has 1 amide bonds. The third-order valence-corrected chi connectivity index (χ3v) is 3.96. The molecule has 0 saturated carbocycles. The summed E-state index contributed by atoms with van der Waals surface area (Å²) in [6.07, 6.45) is 1.92. The van der Waals surface area contributed by atoms with E-state index in [4.69, 9.17) is 14.2 Å². The lowest BCUT2D eigenvalue weighted by Crippen LogP contribution is -2.15. The van der Waals surface area contributed by atoms with Gasteiger partial charge in [-0.25, -0.2) is 4.79 Å². The highest BCUT2D eigenvalue weighted by molar-refractivity contribution is 5.95. The number of hydrogen-bond donors (Lipinski definition) is 1. The van der Waals surface area contributed by atoms with Crippen LogP contribution >= 0.6 is 0 Å². The summed E-state index contributed by atoms with van der Waals surface area (Å²) in [4.78, 5) is 24.4. The van der Waals surface area contributed by atoms with Crippen LogP contribution in [0.2, 0.25) is 0 Å². The molecule has 0 radical (unpaired) electrons. The molecule has 0 aliphatic heterocycles. The van der Waals surface area contributed by atoms with E-state index in [9.17, 15) is 9.59 Å². The molecule has 0 atom stereocenters. The van der Waals surface area contributed by atoms with Crippen molar-refractivity contribution in [2.75, 3.05) is 26.1 Å². The smallest absolute Gasteiger partial charge is 0.338 e. The Balaban J connectivity index is 2.02. The summed E-state index contributed by atoms with van der Waals surface area (Å²) >= 11 is 0. The van der Waals surface area contributed by atoms with Crippen molar-refractivity contribution in [3.05, 3.63) is 53.6 Å². The summed E-state index contributed by atoms with van der Waals surface area (Å²) in [7, 11) is 3.12. The van der Waals surface area contributed by atoms with Crippen molar-refractivity contribution < 1.29 is 23.8 Å². The summed E-state index contributed by atoms with van der Waals surface area (Å²) in [5, 5.41) is 2.80. The summed E-state index contributed by atoms with van der Waals surface area (Å²) in [6.45, 7) is 2.42. The molecule has 0 fully saturated rings. The Bertz CT molecular complexity index is 788. The largest absolute Gasteiger partial charge is 0.497 e. The normalized spacial score (nSPS) is 10.2. The van der Waals surface area contributed by atoms with Crippen molar-refractivity contribution in [2.24, 2.45) is 0 Å². The average Bonchev–Trinajstić information content (AvgIpc) is 2.68. The molecular weight excluding hydrogens is 346 g/mol. The van der Waals surface area contributed by atoms with Crippen LogP contribution in [-0.4, -0.2) is 32.7 Å². The number of benzene rings is 2. The molecule has 0 spiro atoms. The Morgan fingerprint density at radius 2 is 1.85 bits per heavy atom. The molecule has 0 unspecified atom stereocenters. The lowest BCUT2D eigenvalue weighted by molar-refractivity contribution is -0.115. The van der Waals surface area contributed by atoms with E-state index in [-0.39, 0.29) is 12.3 Å². The van der Waals surface area contributed by atoms with Gasteiger partial charge in [0.2, 0.25) is 5.91 Å². The second-order valence-electron chi connectivity index (χ2n) is 5.97. The molecule has 0 aliphatic carbocycles. The number of esters is 1. The molecule has 2 aromatic rings. The van der Waals surface area contributed by atoms with Gasteiger partial charge in [-0.2, -0.15) is 0 Å². The molecule has 0 aromatic heterocycles. The molecule has 2 aromatic carbocycles. The van der Waals surface area contributed by atoms with Crippen LogP contribution in [0, 0.1) is 0 Å². The number of ether oxygens (including phenoxy) is 3. The number of hydrogen-bond acceptors (Lipinski definition) is 5. The highest BCUT2D eigenvalue weighted by atomic mass is 16.5. The molecule has 6 heteroatoms. The first-order valence-corrected chi connectivity index (χ1v) is 8.85. The molecule has 6 nitrogen and oxygen atoms in total. The van der Waals surface area contributed by atoms with Gasteiger partial charge in [-0.15, -0.1) is 0 Å². The van der Waals surface area contributed by atoms with E-state index in [0.717, 1.165) is 18.4 Å². The van der Waals surface area contributed by atoms with Gasteiger partial charge >= 0.3 is 5.97 Å². The predicted molar refractivity (Wildman–Crippen MR) is 104 cm³/mol. The number of carbonyl (C=O) groups is 2. The maximum Gasteiger partial charge on any atom is 0.338 e. The first kappa shape index (κ1) is 20.3. The van der Waals surface area contributed by atoms with E-state index >= 15 is 0 Å². The lowest BCUT2D eigenvalue weighted by Gasteiger charge is -2.11. The molecule has 27 heavy (non-hydrogen) atoms. The van der Waals surface area contributed by atoms with Crippen LogP contribution in [0.25, 0.3) is 0 Å². The molecule has 0 heterocycles. The monoisotopic (exact) mass is 371 g/mol. The Hall–Kier alpha value is -3.02. The lowest BCUT2D eigenvalue weighted by atomic mass is 10.1. The summed E-state index contributed by atoms with van der Waals surface area (Å²) < 4.78 is 15.7. The van der Waals surface area contributed by atoms with E-state index in [1.807, 2.05) is 6.92 Å². The third kappa shape index (κ3) is 6.02. The van der Waals surface area contributed by atoms with Gasteiger partial charge in [-0.05, 0) is 30.7 Å². The zero-order valence-electron chi connectivity index (χ0n) is 15.9. The fourth-order valence-corrected chi connectivity index (χ4v) is 2.49. The van der Waals surface area contributed by atoms with Crippen LogP contribution < -0.4 is 14.8 Å². The van der Waals surface area contributed by atoms with Crippen molar-refractivity contribution >= 4 is 17.6 Å². The SMILES string of the molecule is CCCCOC(=O)c1cccc(NC(=O)Cc2ccc(OC)cc2OC)c1. The van der Waals surface area contributed by atoms with E-state index in [2.05, 4.69) is 5.32 Å². The quantitative estimate of drug-likeness (QED) is 0.535. The molecule has 144 valence electrons. The Kier molecular flexibility index (Phi) is 7.67. The third-order valence-electron chi connectivity index (χ3n) is 3.96. The number of nitrogens with one attached hydrogen (secondary N) is 1. The number of amides is 1. The van der Waals surface area contributed by atoms with Crippen molar-refractivity contribution in [1.29, 1.82) is 0 Å². The minimum atomic E-state index is -0.392. The molecule has 0 aliphatic rings. The predicted octanol–water partition coefficient (Wildman–Crippen LogP) is 3.84. The van der Waals surface area contributed by atoms with Crippen molar-refractivity contribution in [2.45, 2.75) is 26.2 Å². The minimum Gasteiger partial charge on any atom is -0.497 e. The van der Waals surface area contributed by atoms with Crippen LogP contribution in [0.3, 0.4) is 0 Å². The first-order valence-electron chi connectivity index (χ1n) is 8.85. The number of unbranched alkanes of at least 4 members (excludes halogenated alkanes) is 1.